The Balaban J connectivity index is 2.64. The molecule has 1 heterocycles. The van der Waals surface area contributed by atoms with E-state index in [0.717, 1.165) is 16.5 Å². The molecule has 1 aromatic heterocycles. The van der Waals surface area contributed by atoms with E-state index in [4.69, 9.17) is 10.5 Å². The quantitative estimate of drug-likeness (QED) is 0.776. The summed E-state index contributed by atoms with van der Waals surface area (Å²) in [5, 5.41) is 1.01. The van der Waals surface area contributed by atoms with Crippen LogP contribution in [0.4, 0.5) is 0 Å². The summed E-state index contributed by atoms with van der Waals surface area (Å²) in [6, 6.07) is 7.73. The maximum absolute atomic E-state index is 11.5. The maximum atomic E-state index is 11.5. The van der Waals surface area contributed by atoms with Crippen LogP contribution in [-0.2, 0) is 18.3 Å². The fraction of sp³-hybridized carbons (Fsp3) is 0.250. The number of carbonyl (C=O) groups excluding carboxylic acids is 1. The smallest absolute Gasteiger partial charge is 0.354 e. The molecule has 2 aromatic rings. The SMILES string of the molecule is COC(=O)c1cc2ccc(CN)cc2n1C. The van der Waals surface area contributed by atoms with Gasteiger partial charge >= 0.3 is 5.97 Å². The second-order valence-corrected chi connectivity index (χ2v) is 3.68. The highest BCUT2D eigenvalue weighted by Crippen LogP contribution is 2.20. The number of fused-ring (bicyclic) bond motifs is 1. The van der Waals surface area contributed by atoms with Crippen molar-refractivity contribution in [3.63, 3.8) is 0 Å². The molecule has 0 aliphatic rings. The summed E-state index contributed by atoms with van der Waals surface area (Å²) >= 11 is 0. The molecule has 0 aliphatic heterocycles. The standard InChI is InChI=1S/C12H14N2O2/c1-14-10-5-8(7-13)3-4-9(10)6-11(14)12(15)16-2/h3-6H,7,13H2,1-2H3. The molecule has 0 saturated heterocycles. The summed E-state index contributed by atoms with van der Waals surface area (Å²) in [6.07, 6.45) is 0. The number of benzene rings is 1. The summed E-state index contributed by atoms with van der Waals surface area (Å²) < 4.78 is 6.54. The summed E-state index contributed by atoms with van der Waals surface area (Å²) in [6.45, 7) is 0.495. The van der Waals surface area contributed by atoms with Gasteiger partial charge in [-0.2, -0.15) is 0 Å². The summed E-state index contributed by atoms with van der Waals surface area (Å²) in [5.74, 6) is -0.326. The minimum atomic E-state index is -0.326. The minimum Gasteiger partial charge on any atom is -0.464 e. The molecule has 0 atom stereocenters. The Hall–Kier alpha value is -1.81. The van der Waals surface area contributed by atoms with Crippen LogP contribution in [0.3, 0.4) is 0 Å². The van der Waals surface area contributed by atoms with Crippen molar-refractivity contribution in [1.82, 2.24) is 4.57 Å². The topological polar surface area (TPSA) is 57.2 Å². The van der Waals surface area contributed by atoms with Gasteiger partial charge in [-0.05, 0) is 17.7 Å². The Morgan fingerprint density at radius 1 is 1.44 bits per heavy atom. The van der Waals surface area contributed by atoms with Gasteiger partial charge in [0.25, 0.3) is 0 Å². The van der Waals surface area contributed by atoms with Crippen molar-refractivity contribution in [3.05, 3.63) is 35.5 Å². The van der Waals surface area contributed by atoms with E-state index in [9.17, 15) is 4.79 Å². The molecule has 4 heteroatoms. The number of nitrogens with zero attached hydrogens (tertiary/aromatic N) is 1. The van der Waals surface area contributed by atoms with Gasteiger partial charge in [0.05, 0.1) is 7.11 Å². The van der Waals surface area contributed by atoms with Gasteiger partial charge in [-0.1, -0.05) is 12.1 Å². The molecule has 0 aliphatic carbocycles. The molecule has 16 heavy (non-hydrogen) atoms. The number of ether oxygens (including phenoxy) is 1. The van der Waals surface area contributed by atoms with Crippen molar-refractivity contribution in [3.8, 4) is 0 Å². The monoisotopic (exact) mass is 218 g/mol. The van der Waals surface area contributed by atoms with Crippen LogP contribution in [0.1, 0.15) is 16.1 Å². The zero-order chi connectivity index (χ0) is 11.7. The fourth-order valence-corrected chi connectivity index (χ4v) is 1.80. The number of aromatic nitrogens is 1. The third kappa shape index (κ3) is 1.57. The number of nitrogens with two attached hydrogens (primary N) is 1. The van der Waals surface area contributed by atoms with Gasteiger partial charge in [-0.25, -0.2) is 4.79 Å². The second kappa shape index (κ2) is 3.98. The van der Waals surface area contributed by atoms with Gasteiger partial charge in [0.15, 0.2) is 0 Å². The number of hydrogen-bond donors (Lipinski definition) is 1. The lowest BCUT2D eigenvalue weighted by atomic mass is 10.1. The van der Waals surface area contributed by atoms with Gasteiger partial charge in [-0.3, -0.25) is 0 Å². The van der Waals surface area contributed by atoms with Crippen LogP contribution in [-0.4, -0.2) is 17.6 Å². The van der Waals surface area contributed by atoms with Crippen LogP contribution in [0.25, 0.3) is 10.9 Å². The molecule has 0 saturated carbocycles. The Morgan fingerprint density at radius 3 is 2.81 bits per heavy atom. The highest BCUT2D eigenvalue weighted by Gasteiger charge is 2.13. The van der Waals surface area contributed by atoms with Gasteiger partial charge in [0.1, 0.15) is 5.69 Å². The van der Waals surface area contributed by atoms with Crippen LogP contribution in [0.2, 0.25) is 0 Å². The Labute approximate surface area is 93.6 Å². The molecule has 0 amide bonds. The molecule has 0 radical (unpaired) electrons. The van der Waals surface area contributed by atoms with E-state index in [1.807, 2.05) is 35.9 Å². The Kier molecular flexibility index (Phi) is 2.66. The maximum Gasteiger partial charge on any atom is 0.354 e. The predicted octanol–water partition coefficient (Wildman–Crippen LogP) is 1.42. The van der Waals surface area contributed by atoms with Gasteiger partial charge in [0.2, 0.25) is 0 Å². The van der Waals surface area contributed by atoms with Crippen LogP contribution in [0, 0.1) is 0 Å². The Morgan fingerprint density at radius 2 is 2.19 bits per heavy atom. The number of carbonyl (C=O) groups is 1. The highest BCUT2D eigenvalue weighted by molar-refractivity contribution is 5.95. The number of aryl methyl sites for hydroxylation is 1. The van der Waals surface area contributed by atoms with E-state index < -0.39 is 0 Å². The first-order valence-corrected chi connectivity index (χ1v) is 5.04. The molecule has 1 aromatic carbocycles. The van der Waals surface area contributed by atoms with E-state index >= 15 is 0 Å². The minimum absolute atomic E-state index is 0.326. The number of rotatable bonds is 2. The fourth-order valence-electron chi connectivity index (χ4n) is 1.80. The molecule has 2 rings (SSSR count). The molecule has 0 unspecified atom stereocenters. The first kappa shape index (κ1) is 10.7. The zero-order valence-corrected chi connectivity index (χ0v) is 9.36. The van der Waals surface area contributed by atoms with E-state index in [1.165, 1.54) is 7.11 Å². The number of hydrogen-bond acceptors (Lipinski definition) is 3. The molecule has 84 valence electrons. The van der Waals surface area contributed by atoms with E-state index in [1.54, 1.807) is 0 Å². The summed E-state index contributed by atoms with van der Waals surface area (Å²) in [4.78, 5) is 11.5. The lowest BCUT2D eigenvalue weighted by molar-refractivity contribution is 0.0590. The van der Waals surface area contributed by atoms with Crippen molar-refractivity contribution < 1.29 is 9.53 Å². The van der Waals surface area contributed by atoms with Crippen LogP contribution < -0.4 is 5.73 Å². The number of methoxy groups -OCH3 is 1. The van der Waals surface area contributed by atoms with Crippen molar-refractivity contribution in [1.29, 1.82) is 0 Å². The second-order valence-electron chi connectivity index (χ2n) is 3.68. The highest BCUT2D eigenvalue weighted by atomic mass is 16.5. The lowest BCUT2D eigenvalue weighted by Gasteiger charge is -2.02. The zero-order valence-electron chi connectivity index (χ0n) is 9.36. The lowest BCUT2D eigenvalue weighted by Crippen LogP contribution is -2.07. The molecule has 0 spiro atoms. The molecule has 0 fully saturated rings. The van der Waals surface area contributed by atoms with Crippen LogP contribution >= 0.6 is 0 Å². The van der Waals surface area contributed by atoms with Crippen molar-refractivity contribution >= 4 is 16.9 Å². The third-order valence-corrected chi connectivity index (χ3v) is 2.74. The van der Waals surface area contributed by atoms with Gasteiger partial charge in [0, 0.05) is 24.5 Å². The summed E-state index contributed by atoms with van der Waals surface area (Å²) in [5.41, 5.74) is 8.17. The average Bonchev–Trinajstić information content (AvgIpc) is 2.65. The van der Waals surface area contributed by atoms with E-state index in [-0.39, 0.29) is 5.97 Å². The molecule has 0 bridgehead atoms. The van der Waals surface area contributed by atoms with Gasteiger partial charge in [-0.15, -0.1) is 0 Å². The molecular weight excluding hydrogens is 204 g/mol. The third-order valence-electron chi connectivity index (χ3n) is 2.74. The van der Waals surface area contributed by atoms with Crippen LogP contribution in [0.15, 0.2) is 24.3 Å². The first-order valence-electron chi connectivity index (χ1n) is 5.04. The molecule has 2 N–H and O–H groups in total. The normalized spacial score (nSPS) is 10.7. The van der Waals surface area contributed by atoms with Gasteiger partial charge < -0.3 is 15.0 Å². The van der Waals surface area contributed by atoms with Crippen molar-refractivity contribution in [2.45, 2.75) is 6.54 Å². The van der Waals surface area contributed by atoms with E-state index in [2.05, 4.69) is 0 Å². The van der Waals surface area contributed by atoms with Crippen LogP contribution in [0.5, 0.6) is 0 Å². The first-order chi connectivity index (χ1) is 7.67. The predicted molar refractivity (Wildman–Crippen MR) is 62.1 cm³/mol. The largest absolute Gasteiger partial charge is 0.464 e. The number of esters is 1. The van der Waals surface area contributed by atoms with E-state index in [0.29, 0.717) is 12.2 Å². The Bertz CT molecular complexity index is 543. The summed E-state index contributed by atoms with van der Waals surface area (Å²) in [7, 11) is 3.22. The molecular formula is C12H14N2O2. The van der Waals surface area contributed by atoms with Crippen molar-refractivity contribution in [2.24, 2.45) is 12.8 Å². The van der Waals surface area contributed by atoms with Crippen molar-refractivity contribution in [2.75, 3.05) is 7.11 Å². The molecule has 4 nitrogen and oxygen atoms in total. The average molecular weight is 218 g/mol.